The van der Waals surface area contributed by atoms with E-state index in [1.807, 2.05) is 0 Å². The van der Waals surface area contributed by atoms with Crippen molar-refractivity contribution in [3.8, 4) is 0 Å². The van der Waals surface area contributed by atoms with E-state index in [2.05, 4.69) is 5.32 Å². The van der Waals surface area contributed by atoms with Gasteiger partial charge in [0.05, 0.1) is 17.9 Å². The van der Waals surface area contributed by atoms with Gasteiger partial charge < -0.3 is 14.8 Å². The number of esters is 1. The van der Waals surface area contributed by atoms with Gasteiger partial charge in [0.15, 0.2) is 12.4 Å². The van der Waals surface area contributed by atoms with Crippen molar-refractivity contribution in [1.29, 1.82) is 0 Å². The molecule has 1 N–H and O–H groups in total. The maximum absolute atomic E-state index is 12.4. The predicted molar refractivity (Wildman–Crippen MR) is 108 cm³/mol. The molecular weight excluding hydrogens is 402 g/mol. The van der Waals surface area contributed by atoms with Crippen molar-refractivity contribution in [2.75, 3.05) is 32.6 Å². The summed E-state index contributed by atoms with van der Waals surface area (Å²) in [5, 5.41) is 3.23. The molecule has 0 atom stereocenters. The van der Waals surface area contributed by atoms with Crippen LogP contribution in [0, 0.1) is 0 Å². The Morgan fingerprint density at radius 1 is 1.07 bits per heavy atom. The number of benzene rings is 2. The van der Waals surface area contributed by atoms with Crippen LogP contribution in [0.4, 0.5) is 0 Å². The Kier molecular flexibility index (Phi) is 9.00. The zero-order valence-corrected chi connectivity index (χ0v) is 16.8. The third-order valence-corrected chi connectivity index (χ3v) is 4.92. The first-order chi connectivity index (χ1) is 13.5. The zero-order chi connectivity index (χ0) is 20.4. The summed E-state index contributed by atoms with van der Waals surface area (Å²) in [7, 11) is 1.56. The lowest BCUT2D eigenvalue weighted by atomic mass is 10.1. The standard InChI is InChI=1S/C20H20ClNO5S/c1-26-11-10-22-19(24)13-28-18-5-3-2-4-16(18)20(25)27-12-17(23)14-6-8-15(21)9-7-14/h2-9H,10-13H2,1H3,(H,22,24). The lowest BCUT2D eigenvalue weighted by molar-refractivity contribution is -0.118. The molecule has 0 aliphatic heterocycles. The molecule has 2 aromatic carbocycles. The van der Waals surface area contributed by atoms with Crippen LogP contribution in [0.1, 0.15) is 20.7 Å². The van der Waals surface area contributed by atoms with Gasteiger partial charge in [-0.05, 0) is 36.4 Å². The van der Waals surface area contributed by atoms with Gasteiger partial charge in [-0.3, -0.25) is 9.59 Å². The maximum atomic E-state index is 12.4. The van der Waals surface area contributed by atoms with E-state index in [1.165, 1.54) is 11.8 Å². The molecule has 0 bridgehead atoms. The molecule has 0 saturated heterocycles. The van der Waals surface area contributed by atoms with E-state index in [-0.39, 0.29) is 24.1 Å². The molecule has 6 nitrogen and oxygen atoms in total. The molecule has 0 saturated carbocycles. The number of rotatable bonds is 10. The number of carbonyl (C=O) groups is 3. The minimum Gasteiger partial charge on any atom is -0.454 e. The van der Waals surface area contributed by atoms with Crippen LogP contribution in [-0.2, 0) is 14.3 Å². The molecular formula is C20H20ClNO5S. The Hall–Kier alpha value is -2.35. The van der Waals surface area contributed by atoms with Crippen molar-refractivity contribution >= 4 is 41.0 Å². The summed E-state index contributed by atoms with van der Waals surface area (Å²) in [5.74, 6) is -0.960. The van der Waals surface area contributed by atoms with E-state index in [9.17, 15) is 14.4 Å². The first-order valence-electron chi connectivity index (χ1n) is 8.44. The highest BCUT2D eigenvalue weighted by atomic mass is 35.5. The summed E-state index contributed by atoms with van der Waals surface area (Å²) in [6.07, 6.45) is 0. The number of hydrogen-bond acceptors (Lipinski definition) is 6. The molecule has 148 valence electrons. The van der Waals surface area contributed by atoms with Crippen LogP contribution in [0.2, 0.25) is 5.02 Å². The van der Waals surface area contributed by atoms with Crippen molar-refractivity contribution < 1.29 is 23.9 Å². The van der Waals surface area contributed by atoms with E-state index in [1.54, 1.807) is 55.6 Å². The van der Waals surface area contributed by atoms with Crippen molar-refractivity contribution in [3.63, 3.8) is 0 Å². The maximum Gasteiger partial charge on any atom is 0.339 e. The Labute approximate surface area is 172 Å². The minimum atomic E-state index is -0.620. The molecule has 0 radical (unpaired) electrons. The second-order valence-corrected chi connectivity index (χ2v) is 7.09. The van der Waals surface area contributed by atoms with E-state index in [0.717, 1.165) is 0 Å². The molecule has 28 heavy (non-hydrogen) atoms. The first-order valence-corrected chi connectivity index (χ1v) is 9.81. The van der Waals surface area contributed by atoms with Crippen LogP contribution in [0.15, 0.2) is 53.4 Å². The van der Waals surface area contributed by atoms with E-state index in [0.29, 0.717) is 34.2 Å². The van der Waals surface area contributed by atoms with Crippen molar-refractivity contribution in [2.24, 2.45) is 0 Å². The second-order valence-electron chi connectivity index (χ2n) is 5.63. The number of Topliss-reactive ketones (excluding diaryl/α,β-unsaturated/α-hetero) is 1. The highest BCUT2D eigenvalue weighted by molar-refractivity contribution is 8.00. The van der Waals surface area contributed by atoms with Crippen LogP contribution in [0.25, 0.3) is 0 Å². The van der Waals surface area contributed by atoms with Gasteiger partial charge in [0.25, 0.3) is 0 Å². The summed E-state index contributed by atoms with van der Waals surface area (Å²) in [5.41, 5.74) is 0.716. The van der Waals surface area contributed by atoms with Gasteiger partial charge in [0, 0.05) is 29.1 Å². The Balaban J connectivity index is 1.91. The average molecular weight is 422 g/mol. The highest BCUT2D eigenvalue weighted by Crippen LogP contribution is 2.23. The smallest absolute Gasteiger partial charge is 0.339 e. The molecule has 0 unspecified atom stereocenters. The monoisotopic (exact) mass is 421 g/mol. The largest absolute Gasteiger partial charge is 0.454 e. The van der Waals surface area contributed by atoms with E-state index in [4.69, 9.17) is 21.1 Å². The molecule has 0 aliphatic carbocycles. The summed E-state index contributed by atoms with van der Waals surface area (Å²) in [6.45, 7) is 0.477. The quantitative estimate of drug-likeness (QED) is 0.274. The molecule has 8 heteroatoms. The minimum absolute atomic E-state index is 0.151. The Morgan fingerprint density at radius 3 is 2.50 bits per heavy atom. The summed E-state index contributed by atoms with van der Waals surface area (Å²) in [6, 6.07) is 13.1. The highest BCUT2D eigenvalue weighted by Gasteiger charge is 2.16. The van der Waals surface area contributed by atoms with Gasteiger partial charge in [0.2, 0.25) is 5.91 Å². The normalized spacial score (nSPS) is 10.4. The van der Waals surface area contributed by atoms with Crippen molar-refractivity contribution in [1.82, 2.24) is 5.32 Å². The van der Waals surface area contributed by atoms with Crippen molar-refractivity contribution in [3.05, 3.63) is 64.7 Å². The third-order valence-electron chi connectivity index (χ3n) is 3.59. The van der Waals surface area contributed by atoms with Crippen LogP contribution >= 0.6 is 23.4 Å². The van der Waals surface area contributed by atoms with E-state index < -0.39 is 5.97 Å². The molecule has 0 aromatic heterocycles. The van der Waals surface area contributed by atoms with Crippen LogP contribution in [0.5, 0.6) is 0 Å². The first kappa shape index (κ1) is 21.9. The molecule has 2 rings (SSSR count). The number of hydrogen-bond donors (Lipinski definition) is 1. The van der Waals surface area contributed by atoms with Crippen molar-refractivity contribution in [2.45, 2.75) is 4.90 Å². The topological polar surface area (TPSA) is 81.7 Å². The average Bonchev–Trinajstić information content (AvgIpc) is 2.71. The Morgan fingerprint density at radius 2 is 1.79 bits per heavy atom. The fourth-order valence-electron chi connectivity index (χ4n) is 2.18. The van der Waals surface area contributed by atoms with Gasteiger partial charge in [-0.1, -0.05) is 23.7 Å². The molecule has 1 amide bonds. The number of carbonyl (C=O) groups excluding carboxylic acids is 3. The number of thioether (sulfide) groups is 1. The SMILES string of the molecule is COCCNC(=O)CSc1ccccc1C(=O)OCC(=O)c1ccc(Cl)cc1. The van der Waals surface area contributed by atoms with Gasteiger partial charge >= 0.3 is 5.97 Å². The van der Waals surface area contributed by atoms with E-state index >= 15 is 0 Å². The van der Waals surface area contributed by atoms with Crippen LogP contribution in [-0.4, -0.2) is 50.3 Å². The number of nitrogens with one attached hydrogen (secondary N) is 1. The summed E-state index contributed by atoms with van der Waals surface area (Å²) < 4.78 is 10.0. The number of halogens is 1. The van der Waals surface area contributed by atoms with Crippen LogP contribution in [0.3, 0.4) is 0 Å². The predicted octanol–water partition coefficient (Wildman–Crippen LogP) is 3.23. The molecule has 0 heterocycles. The molecule has 0 fully saturated rings. The second kappa shape index (κ2) is 11.5. The van der Waals surface area contributed by atoms with Crippen LogP contribution < -0.4 is 5.32 Å². The van der Waals surface area contributed by atoms with Gasteiger partial charge in [-0.15, -0.1) is 11.8 Å². The lowest BCUT2D eigenvalue weighted by Gasteiger charge is -2.09. The fourth-order valence-corrected chi connectivity index (χ4v) is 3.17. The summed E-state index contributed by atoms with van der Waals surface area (Å²) >= 11 is 7.02. The zero-order valence-electron chi connectivity index (χ0n) is 15.3. The van der Waals surface area contributed by atoms with Gasteiger partial charge in [-0.25, -0.2) is 4.79 Å². The molecule has 2 aromatic rings. The third kappa shape index (κ3) is 6.99. The summed E-state index contributed by atoms with van der Waals surface area (Å²) in [4.78, 5) is 36.9. The fraction of sp³-hybridized carbons (Fsp3) is 0.250. The Bertz CT molecular complexity index is 826. The molecule has 0 aliphatic rings. The number of ether oxygens (including phenoxy) is 2. The lowest BCUT2D eigenvalue weighted by Crippen LogP contribution is -2.28. The number of methoxy groups -OCH3 is 1. The number of ketones is 1. The van der Waals surface area contributed by atoms with Gasteiger partial charge in [-0.2, -0.15) is 0 Å². The number of amides is 1. The molecule has 0 spiro atoms. The van der Waals surface area contributed by atoms with Gasteiger partial charge in [0.1, 0.15) is 0 Å².